The van der Waals surface area contributed by atoms with E-state index < -0.39 is 5.97 Å². The van der Waals surface area contributed by atoms with E-state index in [0.29, 0.717) is 12.4 Å². The first-order valence-electron chi connectivity index (χ1n) is 5.77. The van der Waals surface area contributed by atoms with Crippen LogP contribution in [0.3, 0.4) is 0 Å². The van der Waals surface area contributed by atoms with Gasteiger partial charge in [-0.05, 0) is 17.7 Å². The molecule has 0 unspecified atom stereocenters. The average molecular weight is 258 g/mol. The molecule has 0 aliphatic rings. The molecule has 0 aliphatic carbocycles. The molecule has 0 atom stereocenters. The summed E-state index contributed by atoms with van der Waals surface area (Å²) in [5, 5.41) is 12.1. The van der Waals surface area contributed by atoms with E-state index in [0.717, 1.165) is 5.56 Å². The number of carboxylic acid groups (broad SMARTS) is 1. The normalized spacial score (nSPS) is 9.95. The van der Waals surface area contributed by atoms with Crippen molar-refractivity contribution in [3.05, 3.63) is 53.6 Å². The molecule has 98 valence electrons. The number of rotatable bonds is 5. The highest BCUT2D eigenvalue weighted by Crippen LogP contribution is 2.18. The van der Waals surface area contributed by atoms with Crippen LogP contribution in [0.1, 0.15) is 15.9 Å². The second kappa shape index (κ2) is 5.86. The van der Waals surface area contributed by atoms with Gasteiger partial charge in [0.15, 0.2) is 0 Å². The molecule has 1 aromatic heterocycles. The molecule has 1 heterocycles. The molecule has 0 aliphatic heterocycles. The van der Waals surface area contributed by atoms with Crippen molar-refractivity contribution in [1.82, 2.24) is 4.98 Å². The molecule has 0 spiro atoms. The molecule has 2 N–H and O–H groups in total. The van der Waals surface area contributed by atoms with E-state index >= 15 is 0 Å². The van der Waals surface area contributed by atoms with E-state index in [1.807, 2.05) is 30.3 Å². The van der Waals surface area contributed by atoms with Gasteiger partial charge in [-0.25, -0.2) is 4.79 Å². The molecule has 19 heavy (non-hydrogen) atoms. The quantitative estimate of drug-likeness (QED) is 0.861. The van der Waals surface area contributed by atoms with Gasteiger partial charge in [0, 0.05) is 6.54 Å². The molecule has 5 nitrogen and oxygen atoms in total. The predicted molar refractivity (Wildman–Crippen MR) is 71.5 cm³/mol. The SMILES string of the molecule is COc1nc(NCc2ccccc2)ccc1C(=O)O. The molecule has 0 saturated carbocycles. The first-order valence-corrected chi connectivity index (χ1v) is 5.77. The molecule has 5 heteroatoms. The fourth-order valence-corrected chi connectivity index (χ4v) is 1.65. The summed E-state index contributed by atoms with van der Waals surface area (Å²) in [6.45, 7) is 0.614. The highest BCUT2D eigenvalue weighted by molar-refractivity contribution is 5.90. The van der Waals surface area contributed by atoms with Gasteiger partial charge in [0.2, 0.25) is 5.88 Å². The number of hydrogen-bond donors (Lipinski definition) is 2. The number of nitrogens with one attached hydrogen (secondary N) is 1. The number of aromatic carboxylic acids is 1. The lowest BCUT2D eigenvalue weighted by Gasteiger charge is -2.09. The first-order chi connectivity index (χ1) is 9.20. The number of pyridine rings is 1. The summed E-state index contributed by atoms with van der Waals surface area (Å²) in [4.78, 5) is 15.0. The van der Waals surface area contributed by atoms with Gasteiger partial charge in [0.1, 0.15) is 11.4 Å². The Morgan fingerprint density at radius 3 is 2.63 bits per heavy atom. The fourth-order valence-electron chi connectivity index (χ4n) is 1.65. The second-order valence-corrected chi connectivity index (χ2v) is 3.90. The van der Waals surface area contributed by atoms with Crippen molar-refractivity contribution in [1.29, 1.82) is 0 Å². The second-order valence-electron chi connectivity index (χ2n) is 3.90. The Hall–Kier alpha value is -2.56. The number of carboxylic acids is 1. The Balaban J connectivity index is 2.11. The van der Waals surface area contributed by atoms with Crippen LogP contribution in [0.25, 0.3) is 0 Å². The number of nitrogens with zero attached hydrogens (tertiary/aromatic N) is 1. The number of benzene rings is 1. The lowest BCUT2D eigenvalue weighted by molar-refractivity contribution is 0.0692. The van der Waals surface area contributed by atoms with Gasteiger partial charge >= 0.3 is 5.97 Å². The van der Waals surface area contributed by atoms with Crippen molar-refractivity contribution in [2.24, 2.45) is 0 Å². The summed E-state index contributed by atoms with van der Waals surface area (Å²) in [5.74, 6) is -0.379. The van der Waals surface area contributed by atoms with Crippen LogP contribution in [0.15, 0.2) is 42.5 Å². The van der Waals surface area contributed by atoms with E-state index in [1.165, 1.54) is 13.2 Å². The van der Waals surface area contributed by atoms with Gasteiger partial charge in [0.05, 0.1) is 7.11 Å². The van der Waals surface area contributed by atoms with Gasteiger partial charge in [-0.1, -0.05) is 30.3 Å². The summed E-state index contributed by atoms with van der Waals surface area (Å²) in [7, 11) is 1.40. The highest BCUT2D eigenvalue weighted by atomic mass is 16.5. The van der Waals surface area contributed by atoms with Crippen molar-refractivity contribution in [2.45, 2.75) is 6.54 Å². The van der Waals surface area contributed by atoms with Crippen molar-refractivity contribution < 1.29 is 14.6 Å². The number of anilines is 1. The molecule has 2 rings (SSSR count). The third kappa shape index (κ3) is 3.22. The van der Waals surface area contributed by atoms with Crippen molar-refractivity contribution in [2.75, 3.05) is 12.4 Å². The van der Waals surface area contributed by atoms with Gasteiger partial charge in [0.25, 0.3) is 0 Å². The number of carbonyl (C=O) groups is 1. The largest absolute Gasteiger partial charge is 0.480 e. The monoisotopic (exact) mass is 258 g/mol. The van der Waals surface area contributed by atoms with Crippen LogP contribution >= 0.6 is 0 Å². The van der Waals surface area contributed by atoms with Crippen molar-refractivity contribution in [3.8, 4) is 5.88 Å². The summed E-state index contributed by atoms with van der Waals surface area (Å²) in [6.07, 6.45) is 0. The summed E-state index contributed by atoms with van der Waals surface area (Å²) < 4.78 is 4.97. The van der Waals surface area contributed by atoms with E-state index in [-0.39, 0.29) is 11.4 Å². The maximum atomic E-state index is 10.9. The van der Waals surface area contributed by atoms with Crippen LogP contribution < -0.4 is 10.1 Å². The van der Waals surface area contributed by atoms with Gasteiger partial charge in [-0.3, -0.25) is 0 Å². The summed E-state index contributed by atoms with van der Waals surface area (Å²) in [5.41, 5.74) is 1.17. The molecule has 0 fully saturated rings. The van der Waals surface area contributed by atoms with E-state index in [4.69, 9.17) is 9.84 Å². The maximum absolute atomic E-state index is 10.9. The Bertz CT molecular complexity index is 570. The molecule has 0 bridgehead atoms. The van der Waals surface area contributed by atoms with Gasteiger partial charge < -0.3 is 15.2 Å². The van der Waals surface area contributed by atoms with Crippen LogP contribution in [0.5, 0.6) is 5.88 Å². The standard InChI is InChI=1S/C14H14N2O3/c1-19-13-11(14(17)18)7-8-12(16-13)15-9-10-5-3-2-4-6-10/h2-8H,9H2,1H3,(H,15,16)(H,17,18). The molecule has 0 amide bonds. The van der Waals surface area contributed by atoms with E-state index in [2.05, 4.69) is 10.3 Å². The number of ether oxygens (including phenoxy) is 1. The van der Waals surface area contributed by atoms with E-state index in [9.17, 15) is 4.79 Å². The molecular formula is C14H14N2O3. The van der Waals surface area contributed by atoms with E-state index in [1.54, 1.807) is 6.07 Å². The zero-order valence-corrected chi connectivity index (χ0v) is 10.5. The molecule has 2 aromatic rings. The van der Waals surface area contributed by atoms with Gasteiger partial charge in [-0.2, -0.15) is 4.98 Å². The predicted octanol–water partition coefficient (Wildman–Crippen LogP) is 2.40. The lowest BCUT2D eigenvalue weighted by atomic mass is 10.2. The minimum absolute atomic E-state index is 0.0489. The lowest BCUT2D eigenvalue weighted by Crippen LogP contribution is -2.06. The minimum Gasteiger partial charge on any atom is -0.480 e. The molecule has 0 saturated heterocycles. The minimum atomic E-state index is -1.06. The highest BCUT2D eigenvalue weighted by Gasteiger charge is 2.12. The average Bonchev–Trinajstić information content (AvgIpc) is 2.45. The topological polar surface area (TPSA) is 71.5 Å². The zero-order valence-electron chi connectivity index (χ0n) is 10.5. The van der Waals surface area contributed by atoms with Crippen LogP contribution in [0.4, 0.5) is 5.82 Å². The summed E-state index contributed by atoms with van der Waals surface area (Å²) in [6, 6.07) is 13.0. The van der Waals surface area contributed by atoms with Crippen LogP contribution in [-0.4, -0.2) is 23.2 Å². The number of methoxy groups -OCH3 is 1. The Labute approximate surface area is 110 Å². The summed E-state index contributed by atoms with van der Waals surface area (Å²) >= 11 is 0. The van der Waals surface area contributed by atoms with Gasteiger partial charge in [-0.15, -0.1) is 0 Å². The first kappa shape index (κ1) is 12.9. The number of hydrogen-bond acceptors (Lipinski definition) is 4. The zero-order chi connectivity index (χ0) is 13.7. The smallest absolute Gasteiger partial charge is 0.341 e. The van der Waals surface area contributed by atoms with Crippen LogP contribution in [0.2, 0.25) is 0 Å². The van der Waals surface area contributed by atoms with Crippen molar-refractivity contribution in [3.63, 3.8) is 0 Å². The Morgan fingerprint density at radius 2 is 2.00 bits per heavy atom. The Morgan fingerprint density at radius 1 is 1.26 bits per heavy atom. The molecule has 0 radical (unpaired) electrons. The third-order valence-corrected chi connectivity index (χ3v) is 2.60. The maximum Gasteiger partial charge on any atom is 0.341 e. The van der Waals surface area contributed by atoms with Crippen LogP contribution in [-0.2, 0) is 6.54 Å². The van der Waals surface area contributed by atoms with Crippen LogP contribution in [0, 0.1) is 0 Å². The third-order valence-electron chi connectivity index (χ3n) is 2.60. The number of aromatic nitrogens is 1. The Kier molecular flexibility index (Phi) is 3.97. The fraction of sp³-hybridized carbons (Fsp3) is 0.143. The molecule has 1 aromatic carbocycles. The van der Waals surface area contributed by atoms with Crippen molar-refractivity contribution >= 4 is 11.8 Å². The molecular weight excluding hydrogens is 244 g/mol.